The molecule has 2 heterocycles. The monoisotopic (exact) mass is 254 g/mol. The summed E-state index contributed by atoms with van der Waals surface area (Å²) >= 11 is 0. The maximum Gasteiger partial charge on any atom is 0.241 e. The summed E-state index contributed by atoms with van der Waals surface area (Å²) in [5.74, 6) is 0.297. The Bertz CT molecular complexity index is 304. The quantitative estimate of drug-likeness (QED) is 0.833. The summed E-state index contributed by atoms with van der Waals surface area (Å²) in [6.07, 6.45) is 5.16. The third-order valence-electron chi connectivity index (χ3n) is 4.05. The normalized spacial score (nSPS) is 31.9. The lowest BCUT2D eigenvalue weighted by atomic mass is 9.93. The fourth-order valence-electron chi connectivity index (χ4n) is 2.98. The largest absolute Gasteiger partial charge is 0.375 e. The molecule has 0 aromatic rings. The van der Waals surface area contributed by atoms with Gasteiger partial charge in [-0.3, -0.25) is 10.1 Å². The van der Waals surface area contributed by atoms with E-state index in [9.17, 15) is 4.79 Å². The lowest BCUT2D eigenvalue weighted by Gasteiger charge is -2.39. The Hall–Kier alpha value is -0.610. The zero-order chi connectivity index (χ0) is 13.2. The van der Waals surface area contributed by atoms with E-state index < -0.39 is 0 Å². The second-order valence-electron chi connectivity index (χ2n) is 6.12. The number of carbonyl (C=O) groups excluding carboxylic acids is 1. The average molecular weight is 254 g/mol. The summed E-state index contributed by atoms with van der Waals surface area (Å²) in [7, 11) is 0. The Labute approximate surface area is 110 Å². The third kappa shape index (κ3) is 3.04. The van der Waals surface area contributed by atoms with Crippen LogP contribution in [0.1, 0.15) is 52.9 Å². The van der Waals surface area contributed by atoms with Crippen LogP contribution in [0.3, 0.4) is 0 Å². The highest BCUT2D eigenvalue weighted by atomic mass is 16.5. The van der Waals surface area contributed by atoms with Gasteiger partial charge in [-0.25, -0.2) is 0 Å². The van der Waals surface area contributed by atoms with Gasteiger partial charge in [-0.05, 0) is 33.1 Å². The van der Waals surface area contributed by atoms with Crippen molar-refractivity contribution in [3.05, 3.63) is 0 Å². The molecule has 0 radical (unpaired) electrons. The van der Waals surface area contributed by atoms with E-state index in [0.29, 0.717) is 18.6 Å². The van der Waals surface area contributed by atoms with Crippen LogP contribution >= 0.6 is 0 Å². The van der Waals surface area contributed by atoms with Crippen molar-refractivity contribution in [2.24, 2.45) is 0 Å². The number of carbonyl (C=O) groups is 1. The van der Waals surface area contributed by atoms with Crippen LogP contribution in [0.15, 0.2) is 0 Å². The van der Waals surface area contributed by atoms with Crippen molar-refractivity contribution in [2.45, 2.75) is 70.6 Å². The van der Waals surface area contributed by atoms with Crippen LogP contribution in [0.2, 0.25) is 0 Å². The van der Waals surface area contributed by atoms with E-state index in [1.807, 2.05) is 4.90 Å². The minimum Gasteiger partial charge on any atom is -0.375 e. The third-order valence-corrected chi connectivity index (χ3v) is 4.05. The molecule has 2 atom stereocenters. The lowest BCUT2D eigenvalue weighted by molar-refractivity contribution is -0.136. The van der Waals surface area contributed by atoms with Gasteiger partial charge < -0.3 is 9.64 Å². The van der Waals surface area contributed by atoms with Gasteiger partial charge in [0.05, 0.1) is 18.3 Å². The number of unbranched alkanes of at least 4 members (excludes halogenated alkanes) is 1. The van der Waals surface area contributed by atoms with E-state index in [2.05, 4.69) is 26.1 Å². The second-order valence-corrected chi connectivity index (χ2v) is 6.12. The van der Waals surface area contributed by atoms with E-state index in [4.69, 9.17) is 4.74 Å². The molecule has 2 rings (SSSR count). The van der Waals surface area contributed by atoms with Crippen molar-refractivity contribution in [1.29, 1.82) is 0 Å². The first-order valence-electron chi connectivity index (χ1n) is 7.21. The van der Waals surface area contributed by atoms with E-state index in [1.54, 1.807) is 0 Å². The summed E-state index contributed by atoms with van der Waals surface area (Å²) in [6.45, 7) is 7.87. The molecular weight excluding hydrogens is 228 g/mol. The first-order valence-corrected chi connectivity index (χ1v) is 7.21. The molecular formula is C14H26N2O2. The standard InChI is InChI=1S/C14H26N2O2/c1-4-5-6-12-13(17)16(10-15-12)11-7-8-18-14(2,3)9-11/h11-12,15H,4-10H2,1-3H3. The zero-order valence-corrected chi connectivity index (χ0v) is 11.9. The van der Waals surface area contributed by atoms with E-state index in [1.165, 1.54) is 0 Å². The van der Waals surface area contributed by atoms with Gasteiger partial charge in [-0.1, -0.05) is 19.8 Å². The first-order chi connectivity index (χ1) is 8.53. The molecule has 1 amide bonds. The van der Waals surface area contributed by atoms with Crippen molar-refractivity contribution < 1.29 is 9.53 Å². The summed E-state index contributed by atoms with van der Waals surface area (Å²) in [5.41, 5.74) is -0.0926. The Kier molecular flexibility index (Phi) is 4.28. The number of amides is 1. The number of nitrogens with zero attached hydrogens (tertiary/aromatic N) is 1. The van der Waals surface area contributed by atoms with E-state index >= 15 is 0 Å². The molecule has 2 aliphatic heterocycles. The van der Waals surface area contributed by atoms with Gasteiger partial charge in [0.25, 0.3) is 0 Å². The highest BCUT2D eigenvalue weighted by Crippen LogP contribution is 2.29. The topological polar surface area (TPSA) is 41.6 Å². The molecule has 0 saturated carbocycles. The molecule has 0 aromatic carbocycles. The molecule has 0 aliphatic carbocycles. The highest BCUT2D eigenvalue weighted by molar-refractivity contribution is 5.84. The van der Waals surface area contributed by atoms with Gasteiger partial charge >= 0.3 is 0 Å². The number of hydrogen-bond acceptors (Lipinski definition) is 3. The first kappa shape index (κ1) is 13.8. The smallest absolute Gasteiger partial charge is 0.241 e. The van der Waals surface area contributed by atoms with Crippen LogP contribution in [0, 0.1) is 0 Å². The van der Waals surface area contributed by atoms with Crippen LogP contribution in [-0.2, 0) is 9.53 Å². The predicted molar refractivity (Wildman–Crippen MR) is 71.2 cm³/mol. The zero-order valence-electron chi connectivity index (χ0n) is 11.9. The molecule has 104 valence electrons. The van der Waals surface area contributed by atoms with Crippen molar-refractivity contribution in [3.8, 4) is 0 Å². The molecule has 2 unspecified atom stereocenters. The number of hydrogen-bond donors (Lipinski definition) is 1. The molecule has 0 spiro atoms. The van der Waals surface area contributed by atoms with Crippen LogP contribution in [0.5, 0.6) is 0 Å². The van der Waals surface area contributed by atoms with E-state index in [-0.39, 0.29) is 11.6 Å². The Balaban J connectivity index is 1.92. The second kappa shape index (κ2) is 5.57. The number of nitrogens with one attached hydrogen (secondary N) is 1. The van der Waals surface area contributed by atoms with Gasteiger partial charge in [0.1, 0.15) is 0 Å². The highest BCUT2D eigenvalue weighted by Gasteiger charge is 2.39. The summed E-state index contributed by atoms with van der Waals surface area (Å²) in [5, 5.41) is 3.35. The Morgan fingerprint density at radius 1 is 1.50 bits per heavy atom. The van der Waals surface area contributed by atoms with Crippen LogP contribution in [0.4, 0.5) is 0 Å². The molecule has 2 aliphatic rings. The van der Waals surface area contributed by atoms with Gasteiger partial charge in [0.2, 0.25) is 5.91 Å². The predicted octanol–water partition coefficient (Wildman–Crippen LogP) is 1.89. The molecule has 4 nitrogen and oxygen atoms in total. The summed E-state index contributed by atoms with van der Waals surface area (Å²) in [6, 6.07) is 0.399. The Morgan fingerprint density at radius 3 is 2.94 bits per heavy atom. The maximum atomic E-state index is 12.3. The van der Waals surface area contributed by atoms with E-state index in [0.717, 1.165) is 38.7 Å². The SMILES string of the molecule is CCCCC1NCN(C2CCOC(C)(C)C2)C1=O. The van der Waals surface area contributed by atoms with Crippen LogP contribution in [0.25, 0.3) is 0 Å². The van der Waals surface area contributed by atoms with Crippen LogP contribution < -0.4 is 5.32 Å². The van der Waals surface area contributed by atoms with Gasteiger partial charge in [0.15, 0.2) is 0 Å². The molecule has 18 heavy (non-hydrogen) atoms. The molecule has 4 heteroatoms. The van der Waals surface area contributed by atoms with Crippen molar-refractivity contribution in [2.75, 3.05) is 13.3 Å². The molecule has 0 aromatic heterocycles. The number of rotatable bonds is 4. The Morgan fingerprint density at radius 2 is 2.28 bits per heavy atom. The minimum absolute atomic E-state index is 0.0518. The summed E-state index contributed by atoms with van der Waals surface area (Å²) < 4.78 is 5.72. The fourth-order valence-corrected chi connectivity index (χ4v) is 2.98. The summed E-state index contributed by atoms with van der Waals surface area (Å²) in [4.78, 5) is 14.4. The molecule has 0 bridgehead atoms. The molecule has 1 N–H and O–H groups in total. The van der Waals surface area contributed by atoms with Gasteiger partial charge in [-0.2, -0.15) is 0 Å². The average Bonchev–Trinajstić information content (AvgIpc) is 2.67. The lowest BCUT2D eigenvalue weighted by Crippen LogP contribution is -2.47. The maximum absolute atomic E-state index is 12.3. The molecule has 2 saturated heterocycles. The molecule has 2 fully saturated rings. The van der Waals surface area contributed by atoms with Crippen molar-refractivity contribution in [1.82, 2.24) is 10.2 Å². The minimum atomic E-state index is -0.0926. The van der Waals surface area contributed by atoms with Gasteiger partial charge in [-0.15, -0.1) is 0 Å². The van der Waals surface area contributed by atoms with Crippen molar-refractivity contribution >= 4 is 5.91 Å². The van der Waals surface area contributed by atoms with Crippen LogP contribution in [-0.4, -0.2) is 41.8 Å². The number of ether oxygens (including phenoxy) is 1. The van der Waals surface area contributed by atoms with Crippen molar-refractivity contribution in [3.63, 3.8) is 0 Å². The van der Waals surface area contributed by atoms with Gasteiger partial charge in [0, 0.05) is 12.6 Å². The fraction of sp³-hybridized carbons (Fsp3) is 0.929.